The molecule has 2 aliphatic rings. The summed E-state index contributed by atoms with van der Waals surface area (Å²) in [4.78, 5) is 14.4. The molecule has 2 heterocycles. The average Bonchev–Trinajstić information content (AvgIpc) is 2.53. The summed E-state index contributed by atoms with van der Waals surface area (Å²) in [7, 11) is 0. The van der Waals surface area contributed by atoms with E-state index in [1.54, 1.807) is 0 Å². The fourth-order valence-electron chi connectivity index (χ4n) is 1.08. The second kappa shape index (κ2) is 2.46. The van der Waals surface area contributed by atoms with E-state index >= 15 is 0 Å². The third kappa shape index (κ3) is 0.835. The number of carbonyl (C=O) groups is 1. The van der Waals surface area contributed by atoms with Crippen molar-refractivity contribution in [3.8, 4) is 0 Å². The first-order valence-electron chi connectivity index (χ1n) is 3.43. The zero-order chi connectivity index (χ0) is 8.55. The van der Waals surface area contributed by atoms with Crippen LogP contribution < -0.4 is 5.73 Å². The van der Waals surface area contributed by atoms with Crippen molar-refractivity contribution in [2.24, 2.45) is 21.0 Å². The molecule has 60 valence electrons. The summed E-state index contributed by atoms with van der Waals surface area (Å²) < 4.78 is 0. The Morgan fingerprint density at radius 3 is 3.08 bits per heavy atom. The van der Waals surface area contributed by atoms with Gasteiger partial charge in [0.25, 0.3) is 0 Å². The smallest absolute Gasteiger partial charge is 0.181 e. The van der Waals surface area contributed by atoms with E-state index in [4.69, 9.17) is 5.73 Å². The lowest BCUT2D eigenvalue weighted by molar-refractivity contribution is -0.105. The van der Waals surface area contributed by atoms with E-state index in [-0.39, 0.29) is 0 Å². The molecule has 0 aromatic heterocycles. The molecule has 0 saturated carbocycles. The summed E-state index contributed by atoms with van der Waals surface area (Å²) >= 11 is 0. The Balaban J connectivity index is 2.44. The molecular weight excluding hydrogens is 156 g/mol. The van der Waals surface area contributed by atoms with Crippen molar-refractivity contribution in [3.05, 3.63) is 23.5 Å². The number of aldehydes is 1. The van der Waals surface area contributed by atoms with Gasteiger partial charge in [-0.2, -0.15) is 5.11 Å². The Morgan fingerprint density at radius 2 is 2.33 bits per heavy atom. The zero-order valence-corrected chi connectivity index (χ0v) is 6.14. The molecule has 0 aromatic rings. The largest absolute Gasteiger partial charge is 0.320 e. The van der Waals surface area contributed by atoms with Gasteiger partial charge in [-0.05, 0) is 0 Å². The Kier molecular flexibility index (Phi) is 1.44. The van der Waals surface area contributed by atoms with Gasteiger partial charge in [-0.25, -0.2) is 4.99 Å². The molecule has 5 nitrogen and oxygen atoms in total. The van der Waals surface area contributed by atoms with Gasteiger partial charge < -0.3 is 5.73 Å². The zero-order valence-electron chi connectivity index (χ0n) is 6.14. The van der Waals surface area contributed by atoms with Crippen molar-refractivity contribution in [1.82, 2.24) is 0 Å². The Hall–Kier alpha value is -1.62. The molecule has 2 rings (SSSR count). The van der Waals surface area contributed by atoms with Crippen molar-refractivity contribution in [2.45, 2.75) is 6.04 Å². The predicted molar refractivity (Wildman–Crippen MR) is 42.5 cm³/mol. The van der Waals surface area contributed by atoms with Crippen molar-refractivity contribution >= 4 is 12.1 Å². The van der Waals surface area contributed by atoms with E-state index in [0.29, 0.717) is 23.3 Å². The van der Waals surface area contributed by atoms with Gasteiger partial charge in [0.05, 0.1) is 12.2 Å². The number of nitrogens with two attached hydrogens (primary N) is 1. The first-order chi connectivity index (χ1) is 5.83. The minimum Gasteiger partial charge on any atom is -0.320 e. The fraction of sp³-hybridized carbons (Fsp3) is 0.143. The van der Waals surface area contributed by atoms with Crippen LogP contribution >= 0.6 is 0 Å². The number of azo groups is 1. The maximum Gasteiger partial charge on any atom is 0.181 e. The van der Waals surface area contributed by atoms with E-state index in [9.17, 15) is 4.79 Å². The van der Waals surface area contributed by atoms with Gasteiger partial charge in [-0.15, -0.1) is 5.11 Å². The van der Waals surface area contributed by atoms with Crippen LogP contribution in [0.3, 0.4) is 0 Å². The van der Waals surface area contributed by atoms with Crippen LogP contribution in [0.25, 0.3) is 0 Å². The summed E-state index contributed by atoms with van der Waals surface area (Å²) in [5.74, 6) is 0.508. The highest BCUT2D eigenvalue weighted by molar-refractivity contribution is 6.04. The molecule has 2 aliphatic heterocycles. The number of aliphatic imine (C=N–C) groups is 1. The average molecular weight is 162 g/mol. The molecule has 0 radical (unpaired) electrons. The lowest BCUT2D eigenvalue weighted by Gasteiger charge is -2.14. The summed E-state index contributed by atoms with van der Waals surface area (Å²) in [5, 5.41) is 7.37. The molecule has 0 bridgehead atoms. The van der Waals surface area contributed by atoms with Crippen molar-refractivity contribution in [1.29, 1.82) is 0 Å². The lowest BCUT2D eigenvalue weighted by atomic mass is 10.00. The lowest BCUT2D eigenvalue weighted by Crippen LogP contribution is -2.30. The van der Waals surface area contributed by atoms with Gasteiger partial charge in [0.1, 0.15) is 6.29 Å². The van der Waals surface area contributed by atoms with Crippen molar-refractivity contribution < 1.29 is 4.79 Å². The highest BCUT2D eigenvalue weighted by atomic mass is 16.1. The third-order valence-electron chi connectivity index (χ3n) is 1.77. The molecule has 0 amide bonds. The summed E-state index contributed by atoms with van der Waals surface area (Å²) in [5.41, 5.74) is 6.87. The first-order valence-corrected chi connectivity index (χ1v) is 3.43. The topological polar surface area (TPSA) is 80.2 Å². The Morgan fingerprint density at radius 1 is 1.50 bits per heavy atom. The molecule has 1 atom stereocenters. The predicted octanol–water partition coefficient (Wildman–Crippen LogP) is 0.158. The molecule has 12 heavy (non-hydrogen) atoms. The molecule has 0 aromatic carbocycles. The van der Waals surface area contributed by atoms with Crippen LogP contribution in [0, 0.1) is 0 Å². The SMILES string of the molecule is NC1C(C=O)=CN=C2N=NC=C21. The number of carbonyl (C=O) groups excluding carboxylic acids is 1. The Bertz CT molecular complexity index is 348. The van der Waals surface area contributed by atoms with E-state index in [1.165, 1.54) is 12.4 Å². The molecule has 2 N–H and O–H groups in total. The van der Waals surface area contributed by atoms with E-state index in [0.717, 1.165) is 0 Å². The first kappa shape index (κ1) is 7.05. The standard InChI is InChI=1S/C7H6N4O/c8-6-4(3-12)1-9-7-5(6)2-10-11-7/h1-3,6H,8H2. The normalized spacial score (nSPS) is 25.8. The molecule has 0 saturated heterocycles. The summed E-state index contributed by atoms with van der Waals surface area (Å²) in [6, 6.07) is -0.426. The number of fused-ring (bicyclic) bond motifs is 1. The van der Waals surface area contributed by atoms with Gasteiger partial charge in [-0.3, -0.25) is 4.79 Å². The third-order valence-corrected chi connectivity index (χ3v) is 1.77. The fourth-order valence-corrected chi connectivity index (χ4v) is 1.08. The number of hydrogen-bond donors (Lipinski definition) is 1. The van der Waals surface area contributed by atoms with Crippen LogP contribution in [-0.4, -0.2) is 18.2 Å². The second-order valence-corrected chi connectivity index (χ2v) is 2.48. The van der Waals surface area contributed by atoms with Crippen molar-refractivity contribution in [2.75, 3.05) is 0 Å². The maximum absolute atomic E-state index is 10.5. The van der Waals surface area contributed by atoms with E-state index < -0.39 is 6.04 Å². The molecule has 0 spiro atoms. The molecule has 1 unspecified atom stereocenters. The highest BCUT2D eigenvalue weighted by Gasteiger charge is 2.24. The summed E-state index contributed by atoms with van der Waals surface area (Å²) in [6.07, 6.45) is 3.65. The van der Waals surface area contributed by atoms with Crippen LogP contribution in [0.2, 0.25) is 0 Å². The van der Waals surface area contributed by atoms with Crippen LogP contribution in [-0.2, 0) is 4.79 Å². The van der Waals surface area contributed by atoms with Crippen LogP contribution in [0.5, 0.6) is 0 Å². The van der Waals surface area contributed by atoms with Gasteiger partial charge in [0.2, 0.25) is 0 Å². The minimum atomic E-state index is -0.426. The van der Waals surface area contributed by atoms with E-state index in [1.807, 2.05) is 0 Å². The molecule has 0 aliphatic carbocycles. The van der Waals surface area contributed by atoms with Crippen LogP contribution in [0.4, 0.5) is 0 Å². The number of amidine groups is 1. The molecule has 5 heteroatoms. The summed E-state index contributed by atoms with van der Waals surface area (Å²) in [6.45, 7) is 0. The monoisotopic (exact) mass is 162 g/mol. The quantitative estimate of drug-likeness (QED) is 0.557. The Labute approximate surface area is 68.4 Å². The number of rotatable bonds is 1. The van der Waals surface area contributed by atoms with Gasteiger partial charge in [0.15, 0.2) is 5.84 Å². The highest BCUT2D eigenvalue weighted by Crippen LogP contribution is 2.20. The van der Waals surface area contributed by atoms with Gasteiger partial charge >= 0.3 is 0 Å². The van der Waals surface area contributed by atoms with Gasteiger partial charge in [-0.1, -0.05) is 0 Å². The minimum absolute atomic E-state index is 0.426. The molecular formula is C7H6N4O. The number of hydrogen-bond acceptors (Lipinski definition) is 5. The van der Waals surface area contributed by atoms with Crippen molar-refractivity contribution in [3.63, 3.8) is 0 Å². The molecule has 0 fully saturated rings. The van der Waals surface area contributed by atoms with Crippen LogP contribution in [0.1, 0.15) is 0 Å². The number of nitrogens with zero attached hydrogens (tertiary/aromatic N) is 3. The second-order valence-electron chi connectivity index (χ2n) is 2.48. The van der Waals surface area contributed by atoms with Crippen LogP contribution in [0.15, 0.2) is 38.8 Å². The van der Waals surface area contributed by atoms with Gasteiger partial charge in [0, 0.05) is 17.3 Å². The van der Waals surface area contributed by atoms with E-state index in [2.05, 4.69) is 15.2 Å². The maximum atomic E-state index is 10.5.